The SMILES string of the molecule is Nc1cc(C#CCNC(=O)OCc2ccccc2)ccc1O. The Balaban J connectivity index is 1.75. The molecule has 0 fully saturated rings. The number of nitrogens with one attached hydrogen (secondary N) is 1. The zero-order valence-corrected chi connectivity index (χ0v) is 11.9. The topological polar surface area (TPSA) is 84.6 Å². The van der Waals surface area contributed by atoms with Crippen LogP contribution in [0.4, 0.5) is 10.5 Å². The number of amides is 1. The van der Waals surface area contributed by atoms with Gasteiger partial charge in [-0.3, -0.25) is 0 Å². The molecule has 4 N–H and O–H groups in total. The van der Waals surface area contributed by atoms with Crippen molar-refractivity contribution < 1.29 is 14.6 Å². The first kappa shape index (κ1) is 15.3. The molecule has 5 heteroatoms. The third-order valence-corrected chi connectivity index (χ3v) is 2.79. The Kier molecular flexibility index (Phi) is 5.27. The second-order valence-electron chi connectivity index (χ2n) is 4.49. The van der Waals surface area contributed by atoms with Gasteiger partial charge in [-0.2, -0.15) is 0 Å². The lowest BCUT2D eigenvalue weighted by Gasteiger charge is -2.04. The van der Waals surface area contributed by atoms with Crippen molar-refractivity contribution in [1.82, 2.24) is 5.32 Å². The van der Waals surface area contributed by atoms with Crippen molar-refractivity contribution in [3.63, 3.8) is 0 Å². The fourth-order valence-corrected chi connectivity index (χ4v) is 1.67. The van der Waals surface area contributed by atoms with E-state index < -0.39 is 6.09 Å². The molecule has 0 aliphatic heterocycles. The molecule has 0 aliphatic rings. The summed E-state index contributed by atoms with van der Waals surface area (Å²) in [6, 6.07) is 14.1. The van der Waals surface area contributed by atoms with Gasteiger partial charge in [0.2, 0.25) is 0 Å². The first-order chi connectivity index (χ1) is 10.6. The smallest absolute Gasteiger partial charge is 0.408 e. The molecule has 112 valence electrons. The van der Waals surface area contributed by atoms with Crippen LogP contribution in [0.3, 0.4) is 0 Å². The zero-order valence-electron chi connectivity index (χ0n) is 11.9. The molecule has 0 unspecified atom stereocenters. The Morgan fingerprint density at radius 2 is 2.00 bits per heavy atom. The Bertz CT molecular complexity index is 703. The van der Waals surface area contributed by atoms with E-state index in [-0.39, 0.29) is 24.6 Å². The van der Waals surface area contributed by atoms with Gasteiger partial charge in [-0.1, -0.05) is 42.2 Å². The van der Waals surface area contributed by atoms with Crippen molar-refractivity contribution in [2.45, 2.75) is 6.61 Å². The van der Waals surface area contributed by atoms with Gasteiger partial charge in [0.1, 0.15) is 12.4 Å². The highest BCUT2D eigenvalue weighted by atomic mass is 16.5. The van der Waals surface area contributed by atoms with E-state index in [0.29, 0.717) is 5.56 Å². The van der Waals surface area contributed by atoms with Gasteiger partial charge in [-0.25, -0.2) is 4.79 Å². The predicted molar refractivity (Wildman–Crippen MR) is 84.0 cm³/mol. The summed E-state index contributed by atoms with van der Waals surface area (Å²) in [5.41, 5.74) is 7.41. The molecule has 0 radical (unpaired) electrons. The lowest BCUT2D eigenvalue weighted by molar-refractivity contribution is 0.141. The number of nitrogen functional groups attached to an aromatic ring is 1. The van der Waals surface area contributed by atoms with E-state index in [9.17, 15) is 9.90 Å². The van der Waals surface area contributed by atoms with Gasteiger partial charge in [0.25, 0.3) is 0 Å². The minimum atomic E-state index is -0.525. The number of aromatic hydroxyl groups is 1. The highest BCUT2D eigenvalue weighted by molar-refractivity contribution is 5.67. The van der Waals surface area contributed by atoms with Crippen LogP contribution in [0, 0.1) is 11.8 Å². The van der Waals surface area contributed by atoms with Crippen molar-refractivity contribution >= 4 is 11.8 Å². The number of ether oxygens (including phenoxy) is 1. The van der Waals surface area contributed by atoms with Crippen molar-refractivity contribution in [1.29, 1.82) is 0 Å². The van der Waals surface area contributed by atoms with Gasteiger partial charge in [0.05, 0.1) is 12.2 Å². The number of anilines is 1. The summed E-state index contributed by atoms with van der Waals surface area (Å²) in [5.74, 6) is 5.63. The summed E-state index contributed by atoms with van der Waals surface area (Å²) < 4.78 is 5.04. The monoisotopic (exact) mass is 296 g/mol. The number of phenolic OH excluding ortho intramolecular Hbond substituents is 1. The molecule has 22 heavy (non-hydrogen) atoms. The number of carbonyl (C=O) groups excluding carboxylic acids is 1. The lowest BCUT2D eigenvalue weighted by Crippen LogP contribution is -2.24. The van der Waals surface area contributed by atoms with Crippen LogP contribution < -0.4 is 11.1 Å². The van der Waals surface area contributed by atoms with Gasteiger partial charge < -0.3 is 20.9 Å². The number of phenols is 1. The molecule has 0 spiro atoms. The van der Waals surface area contributed by atoms with Crippen molar-refractivity contribution in [3.05, 3.63) is 59.7 Å². The van der Waals surface area contributed by atoms with Crippen LogP contribution in [0.25, 0.3) is 0 Å². The van der Waals surface area contributed by atoms with E-state index in [4.69, 9.17) is 10.5 Å². The van der Waals surface area contributed by atoms with Crippen molar-refractivity contribution in [2.75, 3.05) is 12.3 Å². The maximum Gasteiger partial charge on any atom is 0.408 e. The van der Waals surface area contributed by atoms with Crippen LogP contribution in [0.1, 0.15) is 11.1 Å². The molecule has 1 amide bonds. The Morgan fingerprint density at radius 1 is 1.23 bits per heavy atom. The van der Waals surface area contributed by atoms with Gasteiger partial charge in [0.15, 0.2) is 0 Å². The number of rotatable bonds is 3. The Morgan fingerprint density at radius 3 is 2.73 bits per heavy atom. The number of alkyl carbamates (subject to hydrolysis) is 1. The second kappa shape index (κ2) is 7.60. The molecular formula is C17H16N2O3. The van der Waals surface area contributed by atoms with Gasteiger partial charge >= 0.3 is 6.09 Å². The molecule has 5 nitrogen and oxygen atoms in total. The third kappa shape index (κ3) is 4.76. The highest BCUT2D eigenvalue weighted by Crippen LogP contribution is 2.19. The number of hydrogen-bond acceptors (Lipinski definition) is 4. The van der Waals surface area contributed by atoms with E-state index in [2.05, 4.69) is 17.2 Å². The minimum Gasteiger partial charge on any atom is -0.506 e. The van der Waals surface area contributed by atoms with Crippen LogP contribution in [-0.2, 0) is 11.3 Å². The summed E-state index contributed by atoms with van der Waals surface area (Å²) in [6.45, 7) is 0.378. The number of carbonyl (C=O) groups is 1. The molecule has 0 aromatic heterocycles. The molecule has 0 atom stereocenters. The minimum absolute atomic E-state index is 0.0214. The molecule has 2 aromatic rings. The fourth-order valence-electron chi connectivity index (χ4n) is 1.67. The summed E-state index contributed by atoms with van der Waals surface area (Å²) in [5, 5.41) is 11.8. The molecule has 2 aromatic carbocycles. The summed E-state index contributed by atoms with van der Waals surface area (Å²) in [4.78, 5) is 11.5. The molecular weight excluding hydrogens is 280 g/mol. The zero-order chi connectivity index (χ0) is 15.8. The average molecular weight is 296 g/mol. The molecule has 0 saturated carbocycles. The third-order valence-electron chi connectivity index (χ3n) is 2.79. The summed E-state index contributed by atoms with van der Waals surface area (Å²) in [6.07, 6.45) is -0.525. The largest absolute Gasteiger partial charge is 0.506 e. The standard InChI is InChI=1S/C17H16N2O3/c18-15-11-13(8-9-16(15)20)7-4-10-19-17(21)22-12-14-5-2-1-3-6-14/h1-3,5-6,8-9,11,20H,10,12,18H2,(H,19,21). The average Bonchev–Trinajstić information content (AvgIpc) is 2.54. The van der Waals surface area contributed by atoms with Gasteiger partial charge in [0, 0.05) is 5.56 Å². The first-order valence-electron chi connectivity index (χ1n) is 6.67. The second-order valence-corrected chi connectivity index (χ2v) is 4.49. The van der Waals surface area contributed by atoms with E-state index in [1.165, 1.54) is 6.07 Å². The van der Waals surface area contributed by atoms with E-state index in [0.717, 1.165) is 5.56 Å². The Hall–Kier alpha value is -3.13. The lowest BCUT2D eigenvalue weighted by atomic mass is 10.2. The van der Waals surface area contributed by atoms with Crippen LogP contribution in [0.15, 0.2) is 48.5 Å². The quantitative estimate of drug-likeness (QED) is 0.461. The van der Waals surface area contributed by atoms with Gasteiger partial charge in [-0.05, 0) is 23.8 Å². The molecule has 0 bridgehead atoms. The van der Waals surface area contributed by atoms with Crippen LogP contribution in [0.5, 0.6) is 5.75 Å². The Labute approximate surface area is 128 Å². The predicted octanol–water partition coefficient (Wildman–Crippen LogP) is 2.25. The highest BCUT2D eigenvalue weighted by Gasteiger charge is 2.00. The molecule has 2 rings (SSSR count). The van der Waals surface area contributed by atoms with E-state index in [1.807, 2.05) is 30.3 Å². The van der Waals surface area contributed by atoms with Crippen molar-refractivity contribution in [3.8, 4) is 17.6 Å². The van der Waals surface area contributed by atoms with Gasteiger partial charge in [-0.15, -0.1) is 0 Å². The number of nitrogens with two attached hydrogens (primary N) is 1. The molecule has 0 aliphatic carbocycles. The fraction of sp³-hybridized carbons (Fsp3) is 0.118. The maximum absolute atomic E-state index is 11.5. The molecule has 0 saturated heterocycles. The first-order valence-corrected chi connectivity index (χ1v) is 6.67. The van der Waals surface area contributed by atoms with Crippen LogP contribution in [-0.4, -0.2) is 17.7 Å². The number of benzene rings is 2. The maximum atomic E-state index is 11.5. The van der Waals surface area contributed by atoms with E-state index >= 15 is 0 Å². The molecule has 0 heterocycles. The van der Waals surface area contributed by atoms with Crippen LogP contribution in [0.2, 0.25) is 0 Å². The number of hydrogen-bond donors (Lipinski definition) is 3. The summed E-state index contributed by atoms with van der Waals surface area (Å²) >= 11 is 0. The summed E-state index contributed by atoms with van der Waals surface area (Å²) in [7, 11) is 0. The van der Waals surface area contributed by atoms with E-state index in [1.54, 1.807) is 12.1 Å². The van der Waals surface area contributed by atoms with Crippen LogP contribution >= 0.6 is 0 Å². The normalized spacial score (nSPS) is 9.45. The van der Waals surface area contributed by atoms with Crippen molar-refractivity contribution in [2.24, 2.45) is 0 Å².